The van der Waals surface area contributed by atoms with Gasteiger partial charge >= 0.3 is 6.18 Å². The van der Waals surface area contributed by atoms with Crippen molar-refractivity contribution in [3.8, 4) is 11.1 Å². The molecule has 0 fully saturated rings. The predicted octanol–water partition coefficient (Wildman–Crippen LogP) is 5.72. The number of benzene rings is 2. The van der Waals surface area contributed by atoms with Crippen LogP contribution < -0.4 is 10.6 Å². The summed E-state index contributed by atoms with van der Waals surface area (Å²) in [6.45, 7) is 0. The molecule has 3 N–H and O–H groups in total. The van der Waals surface area contributed by atoms with E-state index in [1.807, 2.05) is 42.5 Å². The second kappa shape index (κ2) is 10.6. The second-order valence-corrected chi connectivity index (χ2v) is 7.51. The minimum atomic E-state index is -4.77. The molecule has 7 nitrogen and oxygen atoms in total. The highest BCUT2D eigenvalue weighted by atomic mass is 19.4. The first kappa shape index (κ1) is 24.3. The summed E-state index contributed by atoms with van der Waals surface area (Å²) in [4.78, 5) is 16.7. The van der Waals surface area contributed by atoms with E-state index in [9.17, 15) is 18.0 Å². The highest BCUT2D eigenvalue weighted by Crippen LogP contribution is 2.27. The molecule has 4 aromatic rings. The molecule has 10 heteroatoms. The average Bonchev–Trinajstić information content (AvgIpc) is 2.89. The van der Waals surface area contributed by atoms with Crippen molar-refractivity contribution in [1.82, 2.24) is 15.2 Å². The van der Waals surface area contributed by atoms with Crippen molar-refractivity contribution in [2.75, 3.05) is 10.6 Å². The Bertz CT molecular complexity index is 1390. The Kier molecular flexibility index (Phi) is 7.15. The van der Waals surface area contributed by atoms with Crippen molar-refractivity contribution in [3.05, 3.63) is 114 Å². The third-order valence-electron chi connectivity index (χ3n) is 4.99. The third kappa shape index (κ3) is 5.98. The molecule has 2 aromatic carbocycles. The van der Waals surface area contributed by atoms with Crippen molar-refractivity contribution in [1.29, 1.82) is 5.41 Å². The number of nitrogens with one attached hydrogen (secondary N) is 3. The number of allylic oxidation sites excluding steroid dienone is 2. The lowest BCUT2D eigenvalue weighted by Gasteiger charge is -2.14. The van der Waals surface area contributed by atoms with Gasteiger partial charge < -0.3 is 16.0 Å². The van der Waals surface area contributed by atoms with Crippen LogP contribution in [-0.2, 0) is 0 Å². The number of amides is 1. The molecule has 0 unspecified atom stereocenters. The summed E-state index contributed by atoms with van der Waals surface area (Å²) < 4.78 is 40.7. The Hall–Kier alpha value is -4.86. The van der Waals surface area contributed by atoms with Crippen molar-refractivity contribution in [2.45, 2.75) is 6.18 Å². The van der Waals surface area contributed by atoms with Crippen LogP contribution in [-0.4, -0.2) is 33.0 Å². The first-order valence-corrected chi connectivity index (χ1v) is 10.7. The number of rotatable bonds is 7. The van der Waals surface area contributed by atoms with Gasteiger partial charge in [0.15, 0.2) is 11.6 Å². The molecule has 0 aliphatic rings. The van der Waals surface area contributed by atoms with Crippen LogP contribution >= 0.6 is 0 Å². The van der Waals surface area contributed by atoms with Crippen LogP contribution in [0, 0.1) is 5.41 Å². The van der Waals surface area contributed by atoms with Crippen molar-refractivity contribution < 1.29 is 18.0 Å². The highest BCUT2D eigenvalue weighted by molar-refractivity contribution is 6.08. The van der Waals surface area contributed by atoms with Crippen LogP contribution in [0.4, 0.5) is 24.8 Å². The second-order valence-electron chi connectivity index (χ2n) is 7.51. The number of carbonyl (C=O) groups is 1. The molecule has 0 saturated carbocycles. The first-order chi connectivity index (χ1) is 17.3. The van der Waals surface area contributed by atoms with E-state index >= 15 is 0 Å². The monoisotopic (exact) mass is 488 g/mol. The smallest absolute Gasteiger partial charge is 0.335 e. The topological polar surface area (TPSA) is 104 Å². The third-order valence-corrected chi connectivity index (χ3v) is 4.99. The van der Waals surface area contributed by atoms with Crippen LogP contribution in [0.2, 0.25) is 0 Å². The minimum absolute atomic E-state index is 0.0639. The van der Waals surface area contributed by atoms with Gasteiger partial charge in [0.2, 0.25) is 0 Å². The van der Waals surface area contributed by atoms with Crippen molar-refractivity contribution >= 4 is 23.3 Å². The fourth-order valence-corrected chi connectivity index (χ4v) is 3.28. The molecule has 2 heterocycles. The lowest BCUT2D eigenvalue weighted by molar-refractivity contribution is -0.0901. The van der Waals surface area contributed by atoms with E-state index < -0.39 is 17.8 Å². The number of nitrogens with zero attached hydrogens (tertiary/aromatic N) is 3. The molecule has 180 valence electrons. The Morgan fingerprint density at radius 2 is 1.50 bits per heavy atom. The first-order valence-electron chi connectivity index (χ1n) is 10.7. The van der Waals surface area contributed by atoms with Gasteiger partial charge in [0.05, 0.1) is 5.71 Å². The standard InChI is InChI=1S/C26H19F3N6O/c27-26(28,29)22(15-21(30)18-9-6-14-31-16-18)32-23-12-13-24(35-34-23)33-25(36)20-11-5-4-10-19(20)17-7-2-1-3-8-17/h1-16,30H,(H,32,34)(H,33,35,36)/b22-15-,30-21?. The summed E-state index contributed by atoms with van der Waals surface area (Å²) in [5, 5.41) is 20.3. The number of anilines is 2. The van der Waals surface area contributed by atoms with Crippen LogP contribution in [0.25, 0.3) is 11.1 Å². The molecule has 0 radical (unpaired) electrons. The van der Waals surface area contributed by atoms with Crippen LogP contribution in [0.15, 0.2) is 103 Å². The quantitative estimate of drug-likeness (QED) is 0.289. The maximum atomic E-state index is 13.6. The average molecular weight is 488 g/mol. The van der Waals surface area contributed by atoms with Gasteiger partial charge in [-0.1, -0.05) is 48.5 Å². The van der Waals surface area contributed by atoms with Gasteiger partial charge in [-0.05, 0) is 47.5 Å². The number of hydrogen-bond donors (Lipinski definition) is 3. The summed E-state index contributed by atoms with van der Waals surface area (Å²) >= 11 is 0. The summed E-state index contributed by atoms with van der Waals surface area (Å²) in [5.41, 5.74) is 0.635. The molecular formula is C26H19F3N6O. The fraction of sp³-hybridized carbons (Fsp3) is 0.0385. The molecule has 0 aliphatic carbocycles. The van der Waals surface area contributed by atoms with E-state index in [0.29, 0.717) is 11.6 Å². The Labute approximate surface area is 204 Å². The maximum absolute atomic E-state index is 13.6. The van der Waals surface area contributed by atoms with Gasteiger partial charge in [-0.2, -0.15) is 13.2 Å². The van der Waals surface area contributed by atoms with Gasteiger partial charge in [0, 0.05) is 23.5 Å². The van der Waals surface area contributed by atoms with Crippen LogP contribution in [0.3, 0.4) is 0 Å². The summed E-state index contributed by atoms with van der Waals surface area (Å²) in [6.07, 6.45) is -1.38. The molecule has 0 saturated heterocycles. The zero-order chi connectivity index (χ0) is 25.5. The highest BCUT2D eigenvalue weighted by Gasteiger charge is 2.34. The Morgan fingerprint density at radius 3 is 2.14 bits per heavy atom. The number of carbonyl (C=O) groups excluding carboxylic acids is 1. The molecule has 4 rings (SSSR count). The predicted molar refractivity (Wildman–Crippen MR) is 131 cm³/mol. The lowest BCUT2D eigenvalue weighted by atomic mass is 9.99. The van der Waals surface area contributed by atoms with E-state index in [4.69, 9.17) is 5.41 Å². The zero-order valence-corrected chi connectivity index (χ0v) is 18.6. The Balaban J connectivity index is 1.50. The largest absolute Gasteiger partial charge is 0.431 e. The van der Waals surface area contributed by atoms with E-state index in [2.05, 4.69) is 25.8 Å². The summed E-state index contributed by atoms with van der Waals surface area (Å²) in [6, 6.07) is 22.0. The normalized spacial score (nSPS) is 11.6. The maximum Gasteiger partial charge on any atom is 0.431 e. The van der Waals surface area contributed by atoms with E-state index in [-0.39, 0.29) is 22.9 Å². The molecule has 0 spiro atoms. The number of aromatic nitrogens is 3. The minimum Gasteiger partial charge on any atom is -0.335 e. The van der Waals surface area contributed by atoms with Crippen molar-refractivity contribution in [2.24, 2.45) is 0 Å². The van der Waals surface area contributed by atoms with E-state index in [1.54, 1.807) is 12.1 Å². The summed E-state index contributed by atoms with van der Waals surface area (Å²) in [7, 11) is 0. The molecule has 0 atom stereocenters. The number of alkyl halides is 3. The van der Waals surface area contributed by atoms with Gasteiger partial charge in [0.1, 0.15) is 5.70 Å². The van der Waals surface area contributed by atoms with Crippen molar-refractivity contribution in [3.63, 3.8) is 0 Å². The zero-order valence-electron chi connectivity index (χ0n) is 18.6. The Morgan fingerprint density at radius 1 is 0.833 bits per heavy atom. The molecule has 1 amide bonds. The van der Waals surface area contributed by atoms with Gasteiger partial charge in [0.25, 0.3) is 5.91 Å². The molecule has 36 heavy (non-hydrogen) atoms. The van der Waals surface area contributed by atoms with E-state index in [1.165, 1.54) is 36.7 Å². The number of pyridine rings is 1. The molecule has 0 aliphatic heterocycles. The molecular weight excluding hydrogens is 469 g/mol. The van der Waals surface area contributed by atoms with Gasteiger partial charge in [-0.15, -0.1) is 10.2 Å². The summed E-state index contributed by atoms with van der Waals surface area (Å²) in [5.74, 6) is -0.584. The van der Waals surface area contributed by atoms with Gasteiger partial charge in [-0.25, -0.2) is 0 Å². The molecule has 2 aromatic heterocycles. The van der Waals surface area contributed by atoms with Crippen LogP contribution in [0.1, 0.15) is 15.9 Å². The van der Waals surface area contributed by atoms with Gasteiger partial charge in [-0.3, -0.25) is 9.78 Å². The fourth-order valence-electron chi connectivity index (χ4n) is 3.28. The lowest BCUT2D eigenvalue weighted by Crippen LogP contribution is -2.21. The van der Waals surface area contributed by atoms with E-state index in [0.717, 1.165) is 11.1 Å². The SMILES string of the molecule is N=C(/C=C(\Nc1ccc(NC(=O)c2ccccc2-c2ccccc2)nn1)C(F)(F)F)c1cccnc1. The molecule has 0 bridgehead atoms. The number of halogens is 3. The van der Waals surface area contributed by atoms with Crippen LogP contribution in [0.5, 0.6) is 0 Å². The number of hydrogen-bond acceptors (Lipinski definition) is 6.